The minimum atomic E-state index is -0.193. The van der Waals surface area contributed by atoms with Gasteiger partial charge in [0.25, 0.3) is 0 Å². The van der Waals surface area contributed by atoms with Crippen LogP contribution in [0.5, 0.6) is 0 Å². The Morgan fingerprint density at radius 3 is 2.35 bits per heavy atom. The number of rotatable bonds is 3. The van der Waals surface area contributed by atoms with Gasteiger partial charge in [0.15, 0.2) is 0 Å². The lowest BCUT2D eigenvalue weighted by molar-refractivity contribution is -0.121. The Hall–Kier alpha value is -1.64. The Labute approximate surface area is 101 Å². The Kier molecular flexibility index (Phi) is 2.77. The lowest BCUT2D eigenvalue weighted by Crippen LogP contribution is -2.29. The number of nitrogens with zero attached hydrogens (tertiary/aromatic N) is 1. The first-order valence-electron chi connectivity index (χ1n) is 5.78. The number of hydrogen-bond acceptors (Lipinski definition) is 2. The van der Waals surface area contributed by atoms with E-state index in [2.05, 4.69) is 0 Å². The third-order valence-electron chi connectivity index (χ3n) is 3.80. The van der Waals surface area contributed by atoms with Gasteiger partial charge in [0, 0.05) is 18.7 Å². The third-order valence-corrected chi connectivity index (χ3v) is 3.80. The highest BCUT2D eigenvalue weighted by Gasteiger charge is 2.62. The van der Waals surface area contributed by atoms with Crippen LogP contribution in [-0.2, 0) is 9.59 Å². The maximum atomic E-state index is 12.3. The summed E-state index contributed by atoms with van der Waals surface area (Å²) >= 11 is 0. The van der Waals surface area contributed by atoms with E-state index in [-0.39, 0.29) is 23.2 Å². The smallest absolute Gasteiger partial charge is 0.231 e. The van der Waals surface area contributed by atoms with Crippen molar-refractivity contribution in [1.82, 2.24) is 0 Å². The number of carbonyl (C=O) groups is 2. The summed E-state index contributed by atoms with van der Waals surface area (Å²) in [7, 11) is 1.76. The third kappa shape index (κ3) is 1.86. The molecule has 17 heavy (non-hydrogen) atoms. The molecule has 0 heterocycles. The molecule has 0 aliphatic heterocycles. The standard InChI is InChI=1S/C14H17NO2/c1-14(2)11(9-16)12(14)13(17)15(3)10-7-5-4-6-8-10/h4-9,11-12H,1-3H3/t11-,12-/m0/s1. The Balaban J connectivity index is 2.15. The molecule has 0 saturated heterocycles. The first-order chi connectivity index (χ1) is 8.00. The van der Waals surface area contributed by atoms with Crippen molar-refractivity contribution in [2.24, 2.45) is 17.3 Å². The first kappa shape index (κ1) is 11.8. The zero-order valence-corrected chi connectivity index (χ0v) is 10.4. The Morgan fingerprint density at radius 2 is 1.88 bits per heavy atom. The number of hydrogen-bond donors (Lipinski definition) is 0. The van der Waals surface area contributed by atoms with E-state index in [4.69, 9.17) is 0 Å². The average Bonchev–Trinajstić information content (AvgIpc) is 2.90. The minimum absolute atomic E-state index is 0.0262. The van der Waals surface area contributed by atoms with E-state index in [0.717, 1.165) is 12.0 Å². The van der Waals surface area contributed by atoms with Gasteiger partial charge in [-0.1, -0.05) is 32.0 Å². The fraction of sp³-hybridized carbons (Fsp3) is 0.429. The van der Waals surface area contributed by atoms with E-state index in [1.54, 1.807) is 11.9 Å². The molecule has 1 aliphatic rings. The molecule has 1 saturated carbocycles. The molecule has 0 aromatic heterocycles. The van der Waals surface area contributed by atoms with Gasteiger partial charge in [-0.15, -0.1) is 0 Å². The number of anilines is 1. The largest absolute Gasteiger partial charge is 0.315 e. The molecular formula is C14H17NO2. The van der Waals surface area contributed by atoms with Crippen molar-refractivity contribution < 1.29 is 9.59 Å². The second-order valence-electron chi connectivity index (χ2n) is 5.19. The van der Waals surface area contributed by atoms with E-state index in [1.807, 2.05) is 44.2 Å². The van der Waals surface area contributed by atoms with Crippen molar-refractivity contribution in [3.05, 3.63) is 30.3 Å². The van der Waals surface area contributed by atoms with Crippen LogP contribution >= 0.6 is 0 Å². The Morgan fingerprint density at radius 1 is 1.29 bits per heavy atom. The molecular weight excluding hydrogens is 214 g/mol. The predicted octanol–water partition coefficient (Wildman–Crippen LogP) is 2.12. The minimum Gasteiger partial charge on any atom is -0.315 e. The van der Waals surface area contributed by atoms with Gasteiger partial charge >= 0.3 is 0 Å². The number of benzene rings is 1. The molecule has 0 spiro atoms. The van der Waals surface area contributed by atoms with Crippen molar-refractivity contribution in [2.75, 3.05) is 11.9 Å². The zero-order chi connectivity index (χ0) is 12.6. The lowest BCUT2D eigenvalue weighted by atomic mass is 10.1. The van der Waals surface area contributed by atoms with Gasteiger partial charge in [-0.05, 0) is 17.5 Å². The average molecular weight is 231 g/mol. The molecule has 0 radical (unpaired) electrons. The fourth-order valence-electron chi connectivity index (χ4n) is 2.39. The van der Waals surface area contributed by atoms with Crippen LogP contribution in [0.4, 0.5) is 5.69 Å². The highest BCUT2D eigenvalue weighted by atomic mass is 16.2. The molecule has 1 aromatic rings. The van der Waals surface area contributed by atoms with Gasteiger partial charge in [0.1, 0.15) is 6.29 Å². The second-order valence-corrected chi connectivity index (χ2v) is 5.19. The van der Waals surface area contributed by atoms with E-state index >= 15 is 0 Å². The molecule has 1 amide bonds. The first-order valence-corrected chi connectivity index (χ1v) is 5.78. The van der Waals surface area contributed by atoms with Gasteiger partial charge in [0.05, 0.1) is 5.92 Å². The van der Waals surface area contributed by atoms with Gasteiger partial charge in [0.2, 0.25) is 5.91 Å². The van der Waals surface area contributed by atoms with Crippen molar-refractivity contribution in [3.8, 4) is 0 Å². The van der Waals surface area contributed by atoms with E-state index in [0.29, 0.717) is 0 Å². The van der Waals surface area contributed by atoms with E-state index in [1.165, 1.54) is 0 Å². The molecule has 3 nitrogen and oxygen atoms in total. The van der Waals surface area contributed by atoms with Crippen molar-refractivity contribution in [2.45, 2.75) is 13.8 Å². The summed E-state index contributed by atoms with van der Waals surface area (Å²) in [6, 6.07) is 9.49. The maximum absolute atomic E-state index is 12.3. The molecule has 0 bridgehead atoms. The molecule has 2 atom stereocenters. The quantitative estimate of drug-likeness (QED) is 0.747. The summed E-state index contributed by atoms with van der Waals surface area (Å²) in [5.74, 6) is -0.287. The van der Waals surface area contributed by atoms with Gasteiger partial charge in [-0.3, -0.25) is 4.79 Å². The zero-order valence-electron chi connectivity index (χ0n) is 10.4. The van der Waals surface area contributed by atoms with Crippen LogP contribution in [-0.4, -0.2) is 19.2 Å². The molecule has 1 aromatic carbocycles. The van der Waals surface area contributed by atoms with E-state index < -0.39 is 0 Å². The number of carbonyl (C=O) groups excluding carboxylic acids is 2. The lowest BCUT2D eigenvalue weighted by Gasteiger charge is -2.18. The predicted molar refractivity (Wildman–Crippen MR) is 66.7 cm³/mol. The summed E-state index contributed by atoms with van der Waals surface area (Å²) in [4.78, 5) is 24.8. The second kappa shape index (κ2) is 3.99. The summed E-state index contributed by atoms with van der Waals surface area (Å²) in [5.41, 5.74) is 0.673. The topological polar surface area (TPSA) is 37.4 Å². The molecule has 1 fully saturated rings. The van der Waals surface area contributed by atoms with Crippen LogP contribution in [0, 0.1) is 17.3 Å². The van der Waals surface area contributed by atoms with Crippen LogP contribution in [0.25, 0.3) is 0 Å². The van der Waals surface area contributed by atoms with Gasteiger partial charge in [-0.25, -0.2) is 0 Å². The summed E-state index contributed by atoms with van der Waals surface area (Å²) < 4.78 is 0. The molecule has 3 heteroatoms. The highest BCUT2D eigenvalue weighted by Crippen LogP contribution is 2.57. The maximum Gasteiger partial charge on any atom is 0.231 e. The van der Waals surface area contributed by atoms with Crippen LogP contribution in [0.3, 0.4) is 0 Å². The van der Waals surface area contributed by atoms with Crippen LogP contribution in [0.1, 0.15) is 13.8 Å². The number of amides is 1. The van der Waals surface area contributed by atoms with Crippen molar-refractivity contribution >= 4 is 17.9 Å². The number of aldehydes is 1. The number of para-hydroxylation sites is 1. The van der Waals surface area contributed by atoms with Crippen molar-refractivity contribution in [1.29, 1.82) is 0 Å². The molecule has 90 valence electrons. The van der Waals surface area contributed by atoms with Gasteiger partial charge in [-0.2, -0.15) is 0 Å². The van der Waals surface area contributed by atoms with Gasteiger partial charge < -0.3 is 9.69 Å². The molecule has 2 rings (SSSR count). The highest BCUT2D eigenvalue weighted by molar-refractivity contribution is 5.99. The van der Waals surface area contributed by atoms with Crippen LogP contribution in [0.15, 0.2) is 30.3 Å². The van der Waals surface area contributed by atoms with Crippen molar-refractivity contribution in [3.63, 3.8) is 0 Å². The normalized spacial score (nSPS) is 25.1. The summed E-state index contributed by atoms with van der Waals surface area (Å²) in [6.07, 6.45) is 0.904. The fourth-order valence-corrected chi connectivity index (χ4v) is 2.39. The SMILES string of the molecule is CN(C(=O)[C@@H]1[C@H](C=O)C1(C)C)c1ccccc1. The van der Waals surface area contributed by atoms with Crippen LogP contribution < -0.4 is 4.90 Å². The van der Waals surface area contributed by atoms with Crippen LogP contribution in [0.2, 0.25) is 0 Å². The monoisotopic (exact) mass is 231 g/mol. The summed E-state index contributed by atoms with van der Waals surface area (Å²) in [6.45, 7) is 3.93. The Bertz CT molecular complexity index is 439. The molecule has 0 unspecified atom stereocenters. The molecule has 1 aliphatic carbocycles. The summed E-state index contributed by atoms with van der Waals surface area (Å²) in [5, 5.41) is 0. The van der Waals surface area contributed by atoms with E-state index in [9.17, 15) is 9.59 Å². The molecule has 0 N–H and O–H groups in total.